The van der Waals surface area contributed by atoms with Gasteiger partial charge in [0, 0.05) is 55.7 Å². The zero-order chi connectivity index (χ0) is 30.9. The zero-order valence-corrected chi connectivity index (χ0v) is 26.5. The van der Waals surface area contributed by atoms with Crippen molar-refractivity contribution in [3.05, 3.63) is 65.1 Å². The lowest BCUT2D eigenvalue weighted by atomic mass is 10.1. The lowest BCUT2D eigenvalue weighted by Crippen LogP contribution is -2.51. The van der Waals surface area contributed by atoms with Crippen LogP contribution in [0.3, 0.4) is 0 Å². The Morgan fingerprint density at radius 2 is 1.56 bits per heavy atom. The van der Waals surface area contributed by atoms with Crippen molar-refractivity contribution in [3.8, 4) is 0 Å². The molecule has 0 bridgehead atoms. The average Bonchev–Trinajstić information content (AvgIpc) is 3.47. The molecule has 10 heteroatoms. The average molecular weight is 610 g/mol. The van der Waals surface area contributed by atoms with Gasteiger partial charge in [-0.05, 0) is 57.6 Å². The van der Waals surface area contributed by atoms with Gasteiger partial charge >= 0.3 is 0 Å². The third-order valence-corrected chi connectivity index (χ3v) is 8.44. The fourth-order valence-electron chi connectivity index (χ4n) is 4.79. The third-order valence-electron chi connectivity index (χ3n) is 7.27. The number of carbonyl (C=O) groups excluding carboxylic acids is 4. The number of rotatable bonds is 18. The maximum atomic E-state index is 12.7. The molecule has 0 radical (unpaired) electrons. The molecule has 1 saturated heterocycles. The molecule has 0 aliphatic carbocycles. The van der Waals surface area contributed by atoms with Crippen LogP contribution >= 0.6 is 11.3 Å². The van der Waals surface area contributed by atoms with Crippen LogP contribution in [0.25, 0.3) is 0 Å². The molecule has 2 aromatic rings. The van der Waals surface area contributed by atoms with Crippen molar-refractivity contribution in [1.29, 1.82) is 0 Å². The van der Waals surface area contributed by atoms with Gasteiger partial charge in [0.1, 0.15) is 6.54 Å². The molecule has 1 aliphatic heterocycles. The van der Waals surface area contributed by atoms with Gasteiger partial charge in [0.2, 0.25) is 17.7 Å². The summed E-state index contributed by atoms with van der Waals surface area (Å²) in [4.78, 5) is 55.8. The van der Waals surface area contributed by atoms with Gasteiger partial charge in [0.05, 0.1) is 5.00 Å². The van der Waals surface area contributed by atoms with Crippen LogP contribution in [0.15, 0.2) is 54.6 Å². The molecule has 1 aromatic heterocycles. The number of unbranched alkanes of at least 4 members (excludes halogenated alkanes) is 6. The largest absolute Gasteiger partial charge is 0.356 e. The number of hydrogen-bond donors (Lipinski definition) is 2. The second kappa shape index (κ2) is 18.9. The van der Waals surface area contributed by atoms with Gasteiger partial charge in [-0.15, -0.1) is 11.3 Å². The van der Waals surface area contributed by atoms with Crippen molar-refractivity contribution >= 4 is 40.0 Å². The highest BCUT2D eigenvalue weighted by atomic mass is 32.1. The lowest BCUT2D eigenvalue weighted by molar-refractivity contribution is -0.133. The van der Waals surface area contributed by atoms with E-state index in [9.17, 15) is 19.2 Å². The summed E-state index contributed by atoms with van der Waals surface area (Å²) in [5.41, 5.74) is 0.702. The van der Waals surface area contributed by atoms with E-state index < -0.39 is 0 Å². The predicted molar refractivity (Wildman–Crippen MR) is 173 cm³/mol. The standard InChI is InChI=1S/C33H47N5O4S/c1-36(2)23-13-16-30(40)37-24-25-38(31(41)26-37)32-20-18-28(43-32)17-19-29(39)34-21-11-6-4-3-5-7-12-22-35-33(42)27-14-9-8-10-15-27/h8-10,13-16,18,20H,3-7,11-12,17,19,21-26H2,1-2H3,(H,34,39)(H,35,42). The summed E-state index contributed by atoms with van der Waals surface area (Å²) in [6.07, 6.45) is 12.1. The highest BCUT2D eigenvalue weighted by molar-refractivity contribution is 7.16. The van der Waals surface area contributed by atoms with E-state index in [1.807, 2.05) is 67.5 Å². The SMILES string of the molecule is CN(C)CC=CC(=O)N1CCN(c2ccc(CCC(=O)NCCCCCCCCCNC(=O)c3ccccc3)s2)C(=O)C1. The predicted octanol–water partition coefficient (Wildman–Crippen LogP) is 4.25. The normalized spacial score (nSPS) is 13.6. The van der Waals surface area contributed by atoms with Crippen molar-refractivity contribution in [2.24, 2.45) is 0 Å². The summed E-state index contributed by atoms with van der Waals surface area (Å²) < 4.78 is 0. The van der Waals surface area contributed by atoms with E-state index >= 15 is 0 Å². The molecule has 0 unspecified atom stereocenters. The van der Waals surface area contributed by atoms with E-state index in [2.05, 4.69) is 10.6 Å². The van der Waals surface area contributed by atoms with E-state index in [4.69, 9.17) is 0 Å². The van der Waals surface area contributed by atoms with Gasteiger partial charge in [-0.3, -0.25) is 19.2 Å². The number of nitrogens with zero attached hydrogens (tertiary/aromatic N) is 3. The summed E-state index contributed by atoms with van der Waals surface area (Å²) in [5, 5.41) is 6.86. The molecule has 2 heterocycles. The number of hydrogen-bond acceptors (Lipinski definition) is 6. The van der Waals surface area contributed by atoms with E-state index in [-0.39, 0.29) is 30.2 Å². The van der Waals surface area contributed by atoms with Crippen molar-refractivity contribution in [1.82, 2.24) is 20.4 Å². The Balaban J connectivity index is 1.19. The van der Waals surface area contributed by atoms with Gasteiger partial charge in [-0.2, -0.15) is 0 Å². The number of aryl methyl sites for hydroxylation is 1. The molecule has 3 rings (SSSR count). The molecule has 1 aromatic carbocycles. The van der Waals surface area contributed by atoms with E-state index in [0.717, 1.165) is 48.4 Å². The van der Waals surface area contributed by atoms with Crippen LogP contribution in [0.4, 0.5) is 5.00 Å². The van der Waals surface area contributed by atoms with Crippen LogP contribution in [0.5, 0.6) is 0 Å². The number of carbonyl (C=O) groups is 4. The Hall–Kier alpha value is -3.50. The fraction of sp³-hybridized carbons (Fsp3) is 0.515. The maximum absolute atomic E-state index is 12.7. The Morgan fingerprint density at radius 3 is 2.23 bits per heavy atom. The van der Waals surface area contributed by atoms with Gasteiger partial charge in [0.15, 0.2) is 0 Å². The molecule has 0 saturated carbocycles. The summed E-state index contributed by atoms with van der Waals surface area (Å²) >= 11 is 1.54. The monoisotopic (exact) mass is 609 g/mol. The van der Waals surface area contributed by atoms with Crippen LogP contribution in [-0.4, -0.2) is 86.8 Å². The number of piperazine rings is 1. The van der Waals surface area contributed by atoms with E-state index in [0.29, 0.717) is 51.1 Å². The van der Waals surface area contributed by atoms with Crippen LogP contribution in [0.1, 0.15) is 66.6 Å². The molecular formula is C33H47N5O4S. The van der Waals surface area contributed by atoms with Crippen molar-refractivity contribution < 1.29 is 19.2 Å². The first-order valence-corrected chi connectivity index (χ1v) is 16.2. The molecule has 9 nitrogen and oxygen atoms in total. The van der Waals surface area contributed by atoms with Crippen LogP contribution in [-0.2, 0) is 20.8 Å². The first-order valence-electron chi connectivity index (χ1n) is 15.4. The third kappa shape index (κ3) is 12.7. The van der Waals surface area contributed by atoms with Gasteiger partial charge in [-0.25, -0.2) is 0 Å². The highest BCUT2D eigenvalue weighted by Crippen LogP contribution is 2.28. The first kappa shape index (κ1) is 34.0. The minimum Gasteiger partial charge on any atom is -0.356 e. The van der Waals surface area contributed by atoms with Crippen molar-refractivity contribution in [3.63, 3.8) is 0 Å². The Bertz CT molecular complexity index is 1200. The number of anilines is 1. The molecule has 0 atom stereocenters. The first-order chi connectivity index (χ1) is 20.8. The van der Waals surface area contributed by atoms with Gasteiger partial charge in [-0.1, -0.05) is 56.4 Å². The van der Waals surface area contributed by atoms with E-state index in [1.165, 1.54) is 23.8 Å². The van der Waals surface area contributed by atoms with Crippen molar-refractivity contribution in [2.75, 3.05) is 58.3 Å². The Morgan fingerprint density at radius 1 is 0.884 bits per heavy atom. The molecule has 43 heavy (non-hydrogen) atoms. The van der Waals surface area contributed by atoms with Gasteiger partial charge < -0.3 is 25.3 Å². The molecule has 0 spiro atoms. The minimum absolute atomic E-state index is 0.0109. The van der Waals surface area contributed by atoms with Crippen LogP contribution < -0.4 is 15.5 Å². The van der Waals surface area contributed by atoms with E-state index in [1.54, 1.807) is 9.80 Å². The second-order valence-electron chi connectivity index (χ2n) is 11.2. The topological polar surface area (TPSA) is 102 Å². The molecule has 2 N–H and O–H groups in total. The molecule has 4 amide bonds. The number of likely N-dealkylation sites (N-methyl/N-ethyl adjacent to an activating group) is 1. The van der Waals surface area contributed by atoms with Crippen molar-refractivity contribution in [2.45, 2.75) is 57.8 Å². The highest BCUT2D eigenvalue weighted by Gasteiger charge is 2.28. The number of benzene rings is 1. The smallest absolute Gasteiger partial charge is 0.251 e. The van der Waals surface area contributed by atoms with Crippen LogP contribution in [0, 0.1) is 0 Å². The molecule has 1 aliphatic rings. The molecule has 234 valence electrons. The lowest BCUT2D eigenvalue weighted by Gasteiger charge is -2.33. The zero-order valence-electron chi connectivity index (χ0n) is 25.7. The maximum Gasteiger partial charge on any atom is 0.251 e. The quantitative estimate of drug-likeness (QED) is 0.194. The van der Waals surface area contributed by atoms with Gasteiger partial charge in [0.25, 0.3) is 5.91 Å². The molecule has 1 fully saturated rings. The summed E-state index contributed by atoms with van der Waals surface area (Å²) in [6.45, 7) is 3.13. The van der Waals surface area contributed by atoms with Crippen LogP contribution in [0.2, 0.25) is 0 Å². The number of thiophene rings is 1. The molecular weight excluding hydrogens is 562 g/mol. The fourth-order valence-corrected chi connectivity index (χ4v) is 5.84. The number of amides is 4. The minimum atomic E-state index is -0.133. The summed E-state index contributed by atoms with van der Waals surface area (Å²) in [6, 6.07) is 13.2. The summed E-state index contributed by atoms with van der Waals surface area (Å²) in [5.74, 6) is -0.175. The Labute approximate surface area is 260 Å². The summed E-state index contributed by atoms with van der Waals surface area (Å²) in [7, 11) is 3.87. The Kier molecular flexibility index (Phi) is 15.0. The second-order valence-corrected chi connectivity index (χ2v) is 12.3. The number of nitrogens with one attached hydrogen (secondary N) is 2.